The zero-order valence-corrected chi connectivity index (χ0v) is 12.3. The molecule has 0 aliphatic rings. The highest BCUT2D eigenvalue weighted by atomic mass is 16.5. The van der Waals surface area contributed by atoms with E-state index in [1.54, 1.807) is 14.2 Å². The van der Waals surface area contributed by atoms with E-state index in [0.717, 1.165) is 47.2 Å². The number of nitrogens with one attached hydrogen (secondary N) is 1. The first-order chi connectivity index (χ1) is 9.65. The summed E-state index contributed by atoms with van der Waals surface area (Å²) in [5, 5.41) is 7.32. The van der Waals surface area contributed by atoms with E-state index in [0.29, 0.717) is 0 Å². The summed E-state index contributed by atoms with van der Waals surface area (Å²) >= 11 is 0. The Labute approximate surface area is 118 Å². The van der Waals surface area contributed by atoms with E-state index >= 15 is 0 Å². The molecule has 5 heteroatoms. The lowest BCUT2D eigenvalue weighted by molar-refractivity contribution is 0.354. The van der Waals surface area contributed by atoms with E-state index in [2.05, 4.69) is 10.5 Å². The van der Waals surface area contributed by atoms with Crippen LogP contribution < -0.4 is 14.8 Å². The molecule has 0 unspecified atom stereocenters. The number of benzene rings is 1. The third-order valence-corrected chi connectivity index (χ3v) is 3.26. The first kappa shape index (κ1) is 14.4. The molecule has 1 heterocycles. The van der Waals surface area contributed by atoms with E-state index in [1.807, 2.05) is 32.0 Å². The van der Waals surface area contributed by atoms with Crippen LogP contribution in [0.2, 0.25) is 0 Å². The largest absolute Gasteiger partial charge is 0.493 e. The number of nitrogens with zero attached hydrogens (tertiary/aromatic N) is 1. The van der Waals surface area contributed by atoms with Gasteiger partial charge in [-0.25, -0.2) is 0 Å². The molecule has 108 valence electrons. The molecule has 0 spiro atoms. The minimum atomic E-state index is 0.732. The van der Waals surface area contributed by atoms with Crippen molar-refractivity contribution in [2.75, 3.05) is 14.2 Å². The zero-order chi connectivity index (χ0) is 14.5. The third kappa shape index (κ3) is 3.11. The van der Waals surface area contributed by atoms with Gasteiger partial charge < -0.3 is 19.3 Å². The number of methoxy groups -OCH3 is 2. The number of rotatable bonds is 6. The Morgan fingerprint density at radius 1 is 1.10 bits per heavy atom. The van der Waals surface area contributed by atoms with E-state index in [-0.39, 0.29) is 0 Å². The van der Waals surface area contributed by atoms with E-state index in [9.17, 15) is 0 Å². The Morgan fingerprint density at radius 3 is 2.45 bits per heavy atom. The van der Waals surface area contributed by atoms with Crippen molar-refractivity contribution in [3.63, 3.8) is 0 Å². The van der Waals surface area contributed by atoms with Crippen LogP contribution in [0.4, 0.5) is 0 Å². The van der Waals surface area contributed by atoms with Crippen molar-refractivity contribution in [2.24, 2.45) is 0 Å². The van der Waals surface area contributed by atoms with Crippen LogP contribution in [0, 0.1) is 13.8 Å². The monoisotopic (exact) mass is 276 g/mol. The highest BCUT2D eigenvalue weighted by Crippen LogP contribution is 2.27. The second-order valence-corrected chi connectivity index (χ2v) is 4.60. The Bertz CT molecular complexity index is 559. The molecule has 2 aromatic rings. The van der Waals surface area contributed by atoms with Crippen molar-refractivity contribution >= 4 is 0 Å². The maximum Gasteiger partial charge on any atom is 0.161 e. The predicted octanol–water partition coefficient (Wildman–Crippen LogP) is 2.60. The SMILES string of the molecule is COc1ccc(CNCc2c(C)noc2C)cc1OC. The lowest BCUT2D eigenvalue weighted by Crippen LogP contribution is -2.13. The van der Waals surface area contributed by atoms with Gasteiger partial charge in [0.15, 0.2) is 11.5 Å². The molecule has 1 N–H and O–H groups in total. The van der Waals surface area contributed by atoms with Gasteiger partial charge in [-0.2, -0.15) is 0 Å². The summed E-state index contributed by atoms with van der Waals surface area (Å²) in [6.45, 7) is 5.34. The summed E-state index contributed by atoms with van der Waals surface area (Å²) in [6.07, 6.45) is 0. The third-order valence-electron chi connectivity index (χ3n) is 3.26. The van der Waals surface area contributed by atoms with Gasteiger partial charge in [0.1, 0.15) is 5.76 Å². The molecule has 2 rings (SSSR count). The van der Waals surface area contributed by atoms with Crippen molar-refractivity contribution in [3.8, 4) is 11.5 Å². The zero-order valence-electron chi connectivity index (χ0n) is 12.3. The van der Waals surface area contributed by atoms with Crippen molar-refractivity contribution < 1.29 is 14.0 Å². The molecule has 0 aliphatic carbocycles. The van der Waals surface area contributed by atoms with Crippen molar-refractivity contribution in [3.05, 3.63) is 40.8 Å². The van der Waals surface area contributed by atoms with Gasteiger partial charge in [-0.15, -0.1) is 0 Å². The fraction of sp³-hybridized carbons (Fsp3) is 0.400. The number of hydrogen-bond donors (Lipinski definition) is 1. The number of hydrogen-bond acceptors (Lipinski definition) is 5. The van der Waals surface area contributed by atoms with Crippen LogP contribution in [0.3, 0.4) is 0 Å². The molecule has 0 radical (unpaired) electrons. The summed E-state index contributed by atoms with van der Waals surface area (Å²) < 4.78 is 15.6. The highest BCUT2D eigenvalue weighted by Gasteiger charge is 2.08. The first-order valence-electron chi connectivity index (χ1n) is 6.49. The molecule has 0 bridgehead atoms. The van der Waals surface area contributed by atoms with Gasteiger partial charge in [0.25, 0.3) is 0 Å². The van der Waals surface area contributed by atoms with Crippen LogP contribution in [0.5, 0.6) is 11.5 Å². The molecule has 0 saturated carbocycles. The van der Waals surface area contributed by atoms with Crippen LogP contribution >= 0.6 is 0 Å². The predicted molar refractivity (Wildman–Crippen MR) is 76.1 cm³/mol. The quantitative estimate of drug-likeness (QED) is 0.879. The van der Waals surface area contributed by atoms with Gasteiger partial charge in [0.05, 0.1) is 19.9 Å². The molecule has 20 heavy (non-hydrogen) atoms. The normalized spacial score (nSPS) is 10.6. The molecular weight excluding hydrogens is 256 g/mol. The molecule has 5 nitrogen and oxygen atoms in total. The summed E-state index contributed by atoms with van der Waals surface area (Å²) in [5.74, 6) is 2.34. The van der Waals surface area contributed by atoms with E-state index in [4.69, 9.17) is 14.0 Å². The van der Waals surface area contributed by atoms with Crippen LogP contribution in [-0.4, -0.2) is 19.4 Å². The van der Waals surface area contributed by atoms with Crippen LogP contribution in [0.25, 0.3) is 0 Å². The van der Waals surface area contributed by atoms with Crippen molar-refractivity contribution in [1.82, 2.24) is 10.5 Å². The van der Waals surface area contributed by atoms with Gasteiger partial charge in [-0.1, -0.05) is 11.2 Å². The lowest BCUT2D eigenvalue weighted by Gasteiger charge is -2.10. The van der Waals surface area contributed by atoms with Gasteiger partial charge in [0.2, 0.25) is 0 Å². The molecule has 1 aromatic heterocycles. The minimum absolute atomic E-state index is 0.732. The fourth-order valence-electron chi connectivity index (χ4n) is 2.08. The maximum absolute atomic E-state index is 5.29. The highest BCUT2D eigenvalue weighted by molar-refractivity contribution is 5.42. The van der Waals surface area contributed by atoms with E-state index in [1.165, 1.54) is 0 Å². The molecule has 0 saturated heterocycles. The van der Waals surface area contributed by atoms with Crippen LogP contribution in [0.15, 0.2) is 22.7 Å². The molecule has 0 fully saturated rings. The Hall–Kier alpha value is -2.01. The second kappa shape index (κ2) is 6.43. The van der Waals surface area contributed by atoms with Crippen molar-refractivity contribution in [1.29, 1.82) is 0 Å². The fourth-order valence-corrected chi connectivity index (χ4v) is 2.08. The topological polar surface area (TPSA) is 56.5 Å². The standard InChI is InChI=1S/C15H20N2O3/c1-10-13(11(2)20-17-10)9-16-8-12-5-6-14(18-3)15(7-12)19-4/h5-7,16H,8-9H2,1-4H3. The Morgan fingerprint density at radius 2 is 1.85 bits per heavy atom. The Kier molecular flexibility index (Phi) is 4.63. The van der Waals surface area contributed by atoms with Gasteiger partial charge in [-0.3, -0.25) is 0 Å². The number of aromatic nitrogens is 1. The molecular formula is C15H20N2O3. The van der Waals surface area contributed by atoms with Gasteiger partial charge in [-0.05, 0) is 31.5 Å². The van der Waals surface area contributed by atoms with Crippen molar-refractivity contribution in [2.45, 2.75) is 26.9 Å². The lowest BCUT2D eigenvalue weighted by atomic mass is 10.1. The molecule has 1 aromatic carbocycles. The maximum atomic E-state index is 5.29. The Balaban J connectivity index is 1.98. The summed E-state index contributed by atoms with van der Waals surface area (Å²) in [7, 11) is 3.27. The number of ether oxygens (including phenoxy) is 2. The van der Waals surface area contributed by atoms with Gasteiger partial charge >= 0.3 is 0 Å². The van der Waals surface area contributed by atoms with E-state index < -0.39 is 0 Å². The molecule has 0 amide bonds. The summed E-state index contributed by atoms with van der Waals surface area (Å²) in [4.78, 5) is 0. The number of aryl methyl sites for hydroxylation is 2. The van der Waals surface area contributed by atoms with Gasteiger partial charge in [0, 0.05) is 18.7 Å². The average Bonchev–Trinajstić information content (AvgIpc) is 2.78. The summed E-state index contributed by atoms with van der Waals surface area (Å²) in [6, 6.07) is 5.90. The second-order valence-electron chi connectivity index (χ2n) is 4.60. The van der Waals surface area contributed by atoms with Crippen LogP contribution in [-0.2, 0) is 13.1 Å². The minimum Gasteiger partial charge on any atom is -0.493 e. The smallest absolute Gasteiger partial charge is 0.161 e. The first-order valence-corrected chi connectivity index (χ1v) is 6.49. The molecule has 0 atom stereocenters. The average molecular weight is 276 g/mol. The molecule has 0 aliphatic heterocycles. The summed E-state index contributed by atoms with van der Waals surface area (Å²) in [5.41, 5.74) is 3.18. The van der Waals surface area contributed by atoms with Crippen LogP contribution in [0.1, 0.15) is 22.6 Å².